The van der Waals surface area contributed by atoms with Gasteiger partial charge in [0.05, 0.1) is 0 Å². The maximum Gasteiger partial charge on any atom is 0.311 e. The molecule has 3 aromatic rings. The van der Waals surface area contributed by atoms with E-state index in [1.54, 1.807) is 0 Å². The number of unbranched alkanes of at least 4 members (excludes halogenated alkanes) is 7. The normalized spacial score (nSPS) is 15.4. The quantitative estimate of drug-likeness (QED) is 0.0536. The molecule has 6 nitrogen and oxygen atoms in total. The Bertz CT molecular complexity index is 1300. The number of carbonyl (C=O) groups is 1. The molecular weight excluding hydrogens is 577 g/mol. The van der Waals surface area contributed by atoms with E-state index in [-0.39, 0.29) is 11.9 Å². The minimum absolute atomic E-state index is 0.101. The van der Waals surface area contributed by atoms with Crippen molar-refractivity contribution in [1.29, 1.82) is 0 Å². The average molecular weight is 631 g/mol. The molecule has 3 unspecified atom stereocenters. The fraction of sp³-hybridized carbons (Fsp3) is 0.553. The number of esters is 1. The van der Waals surface area contributed by atoms with Crippen molar-refractivity contribution >= 4 is 15.5 Å². The Morgan fingerprint density at radius 3 is 2.09 bits per heavy atom. The molecule has 0 bridgehead atoms. The van der Waals surface area contributed by atoms with Gasteiger partial charge in [-0.15, -0.1) is 0 Å². The summed E-state index contributed by atoms with van der Waals surface area (Å²) in [5.41, 5.74) is 3.47. The van der Waals surface area contributed by atoms with Gasteiger partial charge >= 0.3 is 5.97 Å². The minimum atomic E-state index is -0.545. The van der Waals surface area contributed by atoms with Crippen molar-refractivity contribution < 1.29 is 19.0 Å². The van der Waals surface area contributed by atoms with Gasteiger partial charge in [0.2, 0.25) is 5.91 Å². The number of hydrogen-bond acceptors (Lipinski definition) is 6. The van der Waals surface area contributed by atoms with Crippen molar-refractivity contribution in [2.24, 2.45) is 5.92 Å². The van der Waals surface area contributed by atoms with Gasteiger partial charge < -0.3 is 14.2 Å². The number of carbonyl (C=O) groups excluding carboxylic acids is 1. The van der Waals surface area contributed by atoms with Crippen LogP contribution in [0.4, 0.5) is 0 Å². The monoisotopic (exact) mass is 630 g/mol. The molecule has 0 N–H and O–H groups in total. The van der Waals surface area contributed by atoms with Crippen molar-refractivity contribution in [3.63, 3.8) is 0 Å². The molecule has 0 amide bonds. The second kappa shape index (κ2) is 18.7. The third-order valence-electron chi connectivity index (χ3n) is 8.81. The smallest absolute Gasteiger partial charge is 0.311 e. The molecule has 0 fully saturated rings. The highest BCUT2D eigenvalue weighted by Gasteiger charge is 2.26. The average Bonchev–Trinajstić information content (AvgIpc) is 3.45. The number of nitrogens with zero attached hydrogens (tertiary/aromatic N) is 2. The van der Waals surface area contributed by atoms with Crippen molar-refractivity contribution in [1.82, 2.24) is 9.97 Å². The van der Waals surface area contributed by atoms with Crippen LogP contribution in [-0.4, -0.2) is 31.4 Å². The summed E-state index contributed by atoms with van der Waals surface area (Å²) < 4.78 is 17.9. The van der Waals surface area contributed by atoms with E-state index in [1.807, 2.05) is 54.9 Å². The van der Waals surface area contributed by atoms with E-state index in [4.69, 9.17) is 14.2 Å². The Balaban J connectivity index is 1.19. The highest BCUT2D eigenvalue weighted by molar-refractivity contribution is 6.38. The summed E-state index contributed by atoms with van der Waals surface area (Å²) >= 11 is 0. The minimum Gasteiger partial charge on any atom is -0.456 e. The Kier molecular flexibility index (Phi) is 14.4. The molecule has 4 rings (SSSR count). The standard InChI is InChI=1S/C38H54N2O4Si/c1-5-7-11-15-28(3)16-13-9-10-14-17-29(4)45-38-43-34-24-21-31(25-35(34)44-38)37-39-26-32(27-40-37)30-19-22-33(23-20-30)42-36(41)18-12-8-6-2/h19-29,38H,5-18,45H2,1-4H3. The van der Waals surface area contributed by atoms with Gasteiger partial charge in [-0.05, 0) is 53.8 Å². The lowest BCUT2D eigenvalue weighted by Crippen LogP contribution is -2.28. The molecule has 2 aromatic carbocycles. The van der Waals surface area contributed by atoms with Gasteiger partial charge in [0.25, 0.3) is 0 Å². The third kappa shape index (κ3) is 11.6. The van der Waals surface area contributed by atoms with Crippen LogP contribution in [0.2, 0.25) is 5.54 Å². The van der Waals surface area contributed by atoms with E-state index in [0.717, 1.165) is 53.4 Å². The van der Waals surface area contributed by atoms with Crippen LogP contribution < -0.4 is 14.2 Å². The molecule has 2 heterocycles. The first-order valence-corrected chi connectivity index (χ1v) is 19.2. The Morgan fingerprint density at radius 1 is 0.756 bits per heavy atom. The molecule has 0 saturated carbocycles. The zero-order valence-electron chi connectivity index (χ0n) is 28.1. The number of fused-ring (bicyclic) bond motifs is 1. The molecule has 0 spiro atoms. The molecule has 0 radical (unpaired) electrons. The molecule has 1 aromatic heterocycles. The highest BCUT2D eigenvalue weighted by atomic mass is 28.2. The molecule has 0 aliphatic carbocycles. The fourth-order valence-corrected chi connectivity index (χ4v) is 7.69. The first-order valence-electron chi connectivity index (χ1n) is 17.6. The van der Waals surface area contributed by atoms with E-state index in [9.17, 15) is 4.79 Å². The van der Waals surface area contributed by atoms with Gasteiger partial charge in [-0.3, -0.25) is 4.79 Å². The summed E-state index contributed by atoms with van der Waals surface area (Å²) in [6.45, 7) is 9.20. The molecule has 0 saturated heterocycles. The summed E-state index contributed by atoms with van der Waals surface area (Å²) in [4.78, 5) is 21.3. The summed E-state index contributed by atoms with van der Waals surface area (Å²) in [7, 11) is -0.545. The largest absolute Gasteiger partial charge is 0.456 e. The zero-order valence-corrected chi connectivity index (χ0v) is 29.5. The molecule has 3 atom stereocenters. The molecule has 7 heteroatoms. The molecule has 1 aliphatic heterocycles. The Hall–Kier alpha value is -3.19. The van der Waals surface area contributed by atoms with E-state index in [1.165, 1.54) is 64.2 Å². The Labute approximate surface area is 273 Å². The van der Waals surface area contributed by atoms with Crippen LogP contribution in [0.1, 0.15) is 118 Å². The van der Waals surface area contributed by atoms with Crippen LogP contribution in [0.5, 0.6) is 17.2 Å². The van der Waals surface area contributed by atoms with Gasteiger partial charge in [-0.1, -0.05) is 117 Å². The van der Waals surface area contributed by atoms with E-state index >= 15 is 0 Å². The predicted molar refractivity (Wildman–Crippen MR) is 187 cm³/mol. The van der Waals surface area contributed by atoms with Crippen LogP contribution >= 0.6 is 0 Å². The SMILES string of the molecule is CCCCCC(=O)Oc1ccc(-c2cnc(-c3ccc4c(c3)OC([SiH2]C(C)CCCCCCC(C)CCCCC)O4)nc2)cc1. The number of hydrogen-bond donors (Lipinski definition) is 0. The predicted octanol–water partition coefficient (Wildman–Crippen LogP) is 9.89. The molecular formula is C38H54N2O4Si. The lowest BCUT2D eigenvalue weighted by Gasteiger charge is -2.15. The van der Waals surface area contributed by atoms with E-state index < -0.39 is 9.52 Å². The van der Waals surface area contributed by atoms with Crippen LogP contribution in [0.15, 0.2) is 54.9 Å². The van der Waals surface area contributed by atoms with Gasteiger partial charge in [0.1, 0.15) is 15.3 Å². The van der Waals surface area contributed by atoms with Crippen molar-refractivity contribution in [2.75, 3.05) is 0 Å². The topological polar surface area (TPSA) is 70.5 Å². The van der Waals surface area contributed by atoms with E-state index in [2.05, 4.69) is 37.7 Å². The molecule has 244 valence electrons. The van der Waals surface area contributed by atoms with Crippen LogP contribution in [-0.2, 0) is 4.79 Å². The van der Waals surface area contributed by atoms with Crippen LogP contribution in [0, 0.1) is 5.92 Å². The number of aromatic nitrogens is 2. The second-order valence-electron chi connectivity index (χ2n) is 13.0. The van der Waals surface area contributed by atoms with Crippen LogP contribution in [0.25, 0.3) is 22.5 Å². The highest BCUT2D eigenvalue weighted by Crippen LogP contribution is 2.38. The zero-order chi connectivity index (χ0) is 31.9. The maximum atomic E-state index is 12.0. The fourth-order valence-electron chi connectivity index (χ4n) is 5.96. The second-order valence-corrected chi connectivity index (χ2v) is 15.5. The third-order valence-corrected chi connectivity index (χ3v) is 10.7. The van der Waals surface area contributed by atoms with Crippen molar-refractivity contribution in [2.45, 2.75) is 129 Å². The summed E-state index contributed by atoms with van der Waals surface area (Å²) in [6.07, 6.45) is 20.6. The summed E-state index contributed by atoms with van der Waals surface area (Å²) in [6, 6.07) is 13.5. The lowest BCUT2D eigenvalue weighted by molar-refractivity contribution is -0.134. The van der Waals surface area contributed by atoms with Crippen molar-refractivity contribution in [3.05, 3.63) is 54.9 Å². The van der Waals surface area contributed by atoms with Gasteiger partial charge in [-0.25, -0.2) is 9.97 Å². The first-order chi connectivity index (χ1) is 21.9. The molecule has 1 aliphatic rings. The number of rotatable bonds is 20. The maximum absolute atomic E-state index is 12.0. The summed E-state index contributed by atoms with van der Waals surface area (Å²) in [5.74, 6) is 3.41. The lowest BCUT2D eigenvalue weighted by atomic mass is 9.96. The van der Waals surface area contributed by atoms with E-state index in [0.29, 0.717) is 23.5 Å². The van der Waals surface area contributed by atoms with Gasteiger partial charge in [0.15, 0.2) is 17.3 Å². The van der Waals surface area contributed by atoms with Crippen molar-refractivity contribution in [3.8, 4) is 39.8 Å². The van der Waals surface area contributed by atoms with Gasteiger partial charge in [-0.2, -0.15) is 0 Å². The van der Waals surface area contributed by atoms with Gasteiger partial charge in [0, 0.05) is 29.9 Å². The first kappa shape index (κ1) is 34.7. The van der Waals surface area contributed by atoms with Crippen LogP contribution in [0.3, 0.4) is 0 Å². The number of ether oxygens (including phenoxy) is 3. The summed E-state index contributed by atoms with van der Waals surface area (Å²) in [5, 5.41) is 0. The molecule has 45 heavy (non-hydrogen) atoms. The number of benzene rings is 2. The Morgan fingerprint density at radius 2 is 1.38 bits per heavy atom.